The number of allylic oxidation sites excluding steroid dienone is 2. The maximum absolute atomic E-state index is 11.8. The van der Waals surface area contributed by atoms with Crippen LogP contribution < -0.4 is 5.73 Å². The largest absolute Gasteiger partial charge is 0.369 e. The van der Waals surface area contributed by atoms with Gasteiger partial charge in [-0.25, -0.2) is 0 Å². The molecule has 0 aromatic heterocycles. The van der Waals surface area contributed by atoms with Crippen LogP contribution in [-0.2, 0) is 11.2 Å². The molecule has 0 saturated carbocycles. The summed E-state index contributed by atoms with van der Waals surface area (Å²) in [7, 11) is 4.23. The molecule has 0 radical (unpaired) electrons. The van der Waals surface area contributed by atoms with Gasteiger partial charge in [0.05, 0.1) is 5.92 Å². The molecule has 2 N–H and O–H groups in total. The van der Waals surface area contributed by atoms with Gasteiger partial charge < -0.3 is 10.6 Å². The van der Waals surface area contributed by atoms with E-state index in [-0.39, 0.29) is 11.8 Å². The number of hydrogen-bond acceptors (Lipinski definition) is 2. The van der Waals surface area contributed by atoms with Crippen molar-refractivity contribution < 1.29 is 4.79 Å². The molecule has 1 aromatic rings. The molecule has 0 aliphatic heterocycles. The van der Waals surface area contributed by atoms with Gasteiger partial charge in [-0.1, -0.05) is 48.9 Å². The van der Waals surface area contributed by atoms with Gasteiger partial charge in [0, 0.05) is 12.5 Å². The summed E-state index contributed by atoms with van der Waals surface area (Å²) in [5.41, 5.74) is 11.3. The summed E-state index contributed by atoms with van der Waals surface area (Å²) in [6, 6.07) is 8.80. The van der Waals surface area contributed by atoms with Gasteiger partial charge in [0.1, 0.15) is 0 Å². The van der Waals surface area contributed by atoms with Crippen molar-refractivity contribution in [3.63, 3.8) is 0 Å². The van der Waals surface area contributed by atoms with Crippen molar-refractivity contribution in [3.8, 4) is 0 Å². The van der Waals surface area contributed by atoms with E-state index in [1.54, 1.807) is 0 Å². The number of benzene rings is 1. The van der Waals surface area contributed by atoms with Crippen LogP contribution in [0.15, 0.2) is 42.0 Å². The molecule has 1 amide bonds. The van der Waals surface area contributed by atoms with Gasteiger partial charge in [-0.05, 0) is 62.4 Å². The Morgan fingerprint density at radius 2 is 2.04 bits per heavy atom. The lowest BCUT2D eigenvalue weighted by Crippen LogP contribution is -2.31. The fourth-order valence-electron chi connectivity index (χ4n) is 4.46. The fraction of sp³-hybridized carbons (Fsp3) is 0.500. The first-order valence-corrected chi connectivity index (χ1v) is 9.40. The number of aryl methyl sites for hydroxylation is 1. The van der Waals surface area contributed by atoms with Crippen LogP contribution in [0.1, 0.15) is 37.3 Å². The maximum Gasteiger partial charge on any atom is 0.224 e. The second kappa shape index (κ2) is 7.57. The summed E-state index contributed by atoms with van der Waals surface area (Å²) < 4.78 is 0. The summed E-state index contributed by atoms with van der Waals surface area (Å²) in [6.07, 6.45) is 8.59. The van der Waals surface area contributed by atoms with Gasteiger partial charge >= 0.3 is 0 Å². The molecule has 3 atom stereocenters. The highest BCUT2D eigenvalue weighted by atomic mass is 16.1. The monoisotopic (exact) mass is 338 g/mol. The standard InChI is InChI=1S/C22H30N2O/c1-15-13-18(22(23)25)14-17-11-10-16-7-4-5-8-19(16)20(21(15)17)9-6-12-24(2)3/h4-5,7-9,14-15,18,21H,6,10-13H2,1-3H3,(H2,23,25)/b20-9-/t15?,18-,21?/m1/s1. The van der Waals surface area contributed by atoms with Crippen LogP contribution in [-0.4, -0.2) is 31.4 Å². The molecule has 25 heavy (non-hydrogen) atoms. The first-order valence-electron chi connectivity index (χ1n) is 9.40. The third-order valence-electron chi connectivity index (χ3n) is 5.66. The Hall–Kier alpha value is -1.87. The number of fused-ring (bicyclic) bond motifs is 2. The summed E-state index contributed by atoms with van der Waals surface area (Å²) in [4.78, 5) is 14.0. The van der Waals surface area contributed by atoms with E-state index in [9.17, 15) is 4.79 Å². The van der Waals surface area contributed by atoms with Crippen LogP contribution >= 0.6 is 0 Å². The van der Waals surface area contributed by atoms with E-state index in [1.807, 2.05) is 0 Å². The average molecular weight is 338 g/mol. The van der Waals surface area contributed by atoms with E-state index in [0.29, 0.717) is 11.8 Å². The van der Waals surface area contributed by atoms with Gasteiger partial charge in [0.15, 0.2) is 0 Å². The fourth-order valence-corrected chi connectivity index (χ4v) is 4.46. The molecule has 0 saturated heterocycles. The van der Waals surface area contributed by atoms with Crippen LogP contribution in [0.3, 0.4) is 0 Å². The molecule has 2 aliphatic rings. The Labute approximate surface area is 151 Å². The van der Waals surface area contributed by atoms with Gasteiger partial charge in [-0.3, -0.25) is 4.79 Å². The first-order chi connectivity index (χ1) is 12.0. The van der Waals surface area contributed by atoms with E-state index >= 15 is 0 Å². The lowest BCUT2D eigenvalue weighted by atomic mass is 9.70. The number of amides is 1. The van der Waals surface area contributed by atoms with Crippen LogP contribution in [0.4, 0.5) is 0 Å². The Balaban J connectivity index is 2.03. The SMILES string of the molecule is CC1C[C@@H](C(N)=O)C=C2CCc3ccccc3/C(=C/CCN(C)C)C21. The maximum atomic E-state index is 11.8. The summed E-state index contributed by atoms with van der Waals surface area (Å²) in [5.74, 6) is 0.568. The molecule has 0 heterocycles. The van der Waals surface area contributed by atoms with Crippen molar-refractivity contribution in [3.05, 3.63) is 53.1 Å². The van der Waals surface area contributed by atoms with E-state index in [0.717, 1.165) is 32.2 Å². The molecule has 134 valence electrons. The molecule has 0 spiro atoms. The van der Waals surface area contributed by atoms with Crippen molar-refractivity contribution in [2.75, 3.05) is 20.6 Å². The topological polar surface area (TPSA) is 46.3 Å². The van der Waals surface area contributed by atoms with E-state index < -0.39 is 0 Å². The van der Waals surface area contributed by atoms with Gasteiger partial charge in [0.2, 0.25) is 5.91 Å². The normalized spacial score (nSPS) is 27.4. The third-order valence-corrected chi connectivity index (χ3v) is 5.66. The summed E-state index contributed by atoms with van der Waals surface area (Å²) in [5, 5.41) is 0. The number of carbonyl (C=O) groups is 1. The predicted molar refractivity (Wildman–Crippen MR) is 104 cm³/mol. The average Bonchev–Trinajstić information content (AvgIpc) is 2.72. The minimum atomic E-state index is -0.183. The second-order valence-electron chi connectivity index (χ2n) is 7.85. The molecule has 3 rings (SSSR count). The smallest absolute Gasteiger partial charge is 0.224 e. The van der Waals surface area contributed by atoms with Crippen LogP contribution in [0.5, 0.6) is 0 Å². The molecule has 2 aliphatic carbocycles. The molecule has 0 fully saturated rings. The number of primary amides is 1. The molecule has 1 aromatic carbocycles. The van der Waals surface area contributed by atoms with E-state index in [4.69, 9.17) is 5.73 Å². The lowest BCUT2D eigenvalue weighted by molar-refractivity contribution is -0.121. The van der Waals surface area contributed by atoms with Crippen LogP contribution in [0, 0.1) is 17.8 Å². The van der Waals surface area contributed by atoms with Crippen molar-refractivity contribution in [2.45, 2.75) is 32.6 Å². The number of rotatable bonds is 4. The Morgan fingerprint density at radius 3 is 2.76 bits per heavy atom. The second-order valence-corrected chi connectivity index (χ2v) is 7.85. The van der Waals surface area contributed by atoms with Crippen molar-refractivity contribution in [1.82, 2.24) is 4.90 Å². The van der Waals surface area contributed by atoms with Crippen LogP contribution in [0.2, 0.25) is 0 Å². The lowest BCUT2D eigenvalue weighted by Gasteiger charge is -2.34. The zero-order chi connectivity index (χ0) is 18.0. The van der Waals surface area contributed by atoms with Gasteiger partial charge in [0.25, 0.3) is 0 Å². The molecular weight excluding hydrogens is 308 g/mol. The highest BCUT2D eigenvalue weighted by molar-refractivity contribution is 5.80. The number of hydrogen-bond donors (Lipinski definition) is 1. The Bertz CT molecular complexity index is 702. The number of carbonyl (C=O) groups excluding carboxylic acids is 1. The highest BCUT2D eigenvalue weighted by Crippen LogP contribution is 2.46. The minimum Gasteiger partial charge on any atom is -0.369 e. The quantitative estimate of drug-likeness (QED) is 0.852. The van der Waals surface area contributed by atoms with Gasteiger partial charge in [-0.2, -0.15) is 0 Å². The number of nitrogens with two attached hydrogens (primary N) is 1. The molecule has 3 nitrogen and oxygen atoms in total. The Morgan fingerprint density at radius 1 is 1.28 bits per heavy atom. The third kappa shape index (κ3) is 3.87. The zero-order valence-electron chi connectivity index (χ0n) is 15.7. The Kier molecular flexibility index (Phi) is 5.43. The van der Waals surface area contributed by atoms with Crippen LogP contribution in [0.25, 0.3) is 5.57 Å². The van der Waals surface area contributed by atoms with E-state index in [2.05, 4.69) is 62.3 Å². The molecule has 3 heteroatoms. The summed E-state index contributed by atoms with van der Waals surface area (Å²) >= 11 is 0. The zero-order valence-corrected chi connectivity index (χ0v) is 15.7. The van der Waals surface area contributed by atoms with E-state index in [1.165, 1.54) is 22.3 Å². The molecule has 2 unspecified atom stereocenters. The van der Waals surface area contributed by atoms with Crippen molar-refractivity contribution >= 4 is 11.5 Å². The molecular formula is C22H30N2O. The van der Waals surface area contributed by atoms with Crippen molar-refractivity contribution in [2.24, 2.45) is 23.5 Å². The highest BCUT2D eigenvalue weighted by Gasteiger charge is 2.35. The van der Waals surface area contributed by atoms with Gasteiger partial charge in [-0.15, -0.1) is 0 Å². The summed E-state index contributed by atoms with van der Waals surface area (Å²) in [6.45, 7) is 3.33. The minimum absolute atomic E-state index is 0.106. The predicted octanol–water partition coefficient (Wildman–Crippen LogP) is 3.65. The number of nitrogens with zero attached hydrogens (tertiary/aromatic N) is 1. The molecule has 0 bridgehead atoms. The first kappa shape index (κ1) is 17.9. The van der Waals surface area contributed by atoms with Crippen molar-refractivity contribution in [1.29, 1.82) is 0 Å².